The van der Waals surface area contributed by atoms with Gasteiger partial charge in [0.2, 0.25) is 0 Å². The molecule has 0 bridgehead atoms. The van der Waals surface area contributed by atoms with Crippen LogP contribution in [0.25, 0.3) is 0 Å². The number of amides is 2. The highest BCUT2D eigenvalue weighted by Crippen LogP contribution is 2.23. The molecule has 1 aromatic heterocycles. The minimum atomic E-state index is -0.217. The summed E-state index contributed by atoms with van der Waals surface area (Å²) >= 11 is 7.52. The highest BCUT2D eigenvalue weighted by molar-refractivity contribution is 7.07. The van der Waals surface area contributed by atoms with Crippen LogP contribution in [0.15, 0.2) is 41.1 Å². The molecular weight excluding hydrogens is 346 g/mol. The molecule has 7 heteroatoms. The van der Waals surface area contributed by atoms with Crippen molar-refractivity contribution in [2.75, 3.05) is 38.2 Å². The number of rotatable bonds is 5. The van der Waals surface area contributed by atoms with Crippen LogP contribution in [-0.2, 0) is 4.74 Å². The van der Waals surface area contributed by atoms with E-state index in [9.17, 15) is 4.79 Å². The van der Waals surface area contributed by atoms with Crippen LogP contribution in [0.1, 0.15) is 11.6 Å². The van der Waals surface area contributed by atoms with Crippen molar-refractivity contribution in [2.45, 2.75) is 6.04 Å². The molecule has 1 fully saturated rings. The third-order valence-corrected chi connectivity index (χ3v) is 4.93. The molecule has 2 aromatic rings. The minimum Gasteiger partial charge on any atom is -0.379 e. The fourth-order valence-electron chi connectivity index (χ4n) is 2.71. The molecule has 1 atom stereocenters. The summed E-state index contributed by atoms with van der Waals surface area (Å²) in [6, 6.07) is 9.12. The Morgan fingerprint density at radius 2 is 2.00 bits per heavy atom. The van der Waals surface area contributed by atoms with E-state index < -0.39 is 0 Å². The van der Waals surface area contributed by atoms with Gasteiger partial charge in [0.05, 0.1) is 19.3 Å². The first kappa shape index (κ1) is 17.2. The molecule has 0 radical (unpaired) electrons. The molecule has 2 heterocycles. The van der Waals surface area contributed by atoms with Crippen molar-refractivity contribution >= 4 is 34.7 Å². The number of hydrogen-bond acceptors (Lipinski definition) is 4. The first-order valence-electron chi connectivity index (χ1n) is 7.87. The van der Waals surface area contributed by atoms with E-state index in [1.165, 1.54) is 5.56 Å². The summed E-state index contributed by atoms with van der Waals surface area (Å²) in [5.41, 5.74) is 1.95. The molecule has 3 rings (SSSR count). The maximum absolute atomic E-state index is 12.2. The van der Waals surface area contributed by atoms with Crippen molar-refractivity contribution in [1.82, 2.24) is 10.2 Å². The van der Waals surface area contributed by atoms with Crippen molar-refractivity contribution in [3.8, 4) is 0 Å². The molecule has 1 unspecified atom stereocenters. The van der Waals surface area contributed by atoms with Crippen molar-refractivity contribution in [2.24, 2.45) is 0 Å². The number of carbonyl (C=O) groups excluding carboxylic acids is 1. The van der Waals surface area contributed by atoms with Crippen molar-refractivity contribution in [1.29, 1.82) is 0 Å². The number of ether oxygens (including phenoxy) is 1. The maximum atomic E-state index is 12.2. The van der Waals surface area contributed by atoms with E-state index in [2.05, 4.69) is 32.4 Å². The van der Waals surface area contributed by atoms with Crippen LogP contribution >= 0.6 is 22.9 Å². The van der Waals surface area contributed by atoms with E-state index >= 15 is 0 Å². The third-order valence-electron chi connectivity index (χ3n) is 3.97. The topological polar surface area (TPSA) is 53.6 Å². The molecule has 128 valence electrons. The molecule has 2 amide bonds. The highest BCUT2D eigenvalue weighted by atomic mass is 35.5. The Balaban J connectivity index is 1.58. The number of urea groups is 1. The number of anilines is 1. The second kappa shape index (κ2) is 8.48. The van der Waals surface area contributed by atoms with Gasteiger partial charge < -0.3 is 15.4 Å². The van der Waals surface area contributed by atoms with Crippen molar-refractivity contribution < 1.29 is 9.53 Å². The van der Waals surface area contributed by atoms with Gasteiger partial charge in [-0.25, -0.2) is 4.79 Å². The summed E-state index contributed by atoms with van der Waals surface area (Å²) in [7, 11) is 0. The average molecular weight is 366 g/mol. The Bertz CT molecular complexity index is 642. The van der Waals surface area contributed by atoms with Crippen LogP contribution in [0.3, 0.4) is 0 Å². The van der Waals surface area contributed by atoms with Gasteiger partial charge in [-0.05, 0) is 46.7 Å². The minimum absolute atomic E-state index is 0.163. The van der Waals surface area contributed by atoms with Gasteiger partial charge in [-0.2, -0.15) is 11.3 Å². The van der Waals surface area contributed by atoms with Gasteiger partial charge >= 0.3 is 6.03 Å². The largest absolute Gasteiger partial charge is 0.379 e. The number of morpholine rings is 1. The standard InChI is InChI=1S/C17H20ClN3O2S/c18-14-1-3-15(4-2-14)20-17(22)19-11-16(13-5-10-24-12-13)21-6-8-23-9-7-21/h1-5,10,12,16H,6-9,11H2,(H2,19,20,22). The lowest BCUT2D eigenvalue weighted by atomic mass is 10.1. The van der Waals surface area contributed by atoms with Gasteiger partial charge in [0.15, 0.2) is 0 Å². The summed E-state index contributed by atoms with van der Waals surface area (Å²) < 4.78 is 5.43. The highest BCUT2D eigenvalue weighted by Gasteiger charge is 2.23. The zero-order valence-corrected chi connectivity index (χ0v) is 14.8. The summed E-state index contributed by atoms with van der Waals surface area (Å²) in [4.78, 5) is 14.5. The lowest BCUT2D eigenvalue weighted by molar-refractivity contribution is 0.0168. The number of benzene rings is 1. The molecule has 1 aliphatic rings. The number of nitrogens with one attached hydrogen (secondary N) is 2. The van der Waals surface area contributed by atoms with Gasteiger partial charge in [0.25, 0.3) is 0 Å². The fraction of sp³-hybridized carbons (Fsp3) is 0.353. The predicted octanol–water partition coefficient (Wildman–Crippen LogP) is 3.60. The SMILES string of the molecule is O=C(NCC(c1ccsc1)N1CCOCC1)Nc1ccc(Cl)cc1. The van der Waals surface area contributed by atoms with E-state index in [-0.39, 0.29) is 12.1 Å². The Kier molecular flexibility index (Phi) is 6.09. The number of thiophene rings is 1. The summed E-state index contributed by atoms with van der Waals surface area (Å²) in [5.74, 6) is 0. The van der Waals surface area contributed by atoms with E-state index in [4.69, 9.17) is 16.3 Å². The molecule has 2 N–H and O–H groups in total. The number of hydrogen-bond donors (Lipinski definition) is 2. The Labute approximate surface area is 150 Å². The van der Waals surface area contributed by atoms with E-state index in [1.807, 2.05) is 0 Å². The Hall–Kier alpha value is -1.60. The van der Waals surface area contributed by atoms with E-state index in [1.54, 1.807) is 35.6 Å². The smallest absolute Gasteiger partial charge is 0.319 e. The molecule has 24 heavy (non-hydrogen) atoms. The van der Waals surface area contributed by atoms with Gasteiger partial charge in [0.1, 0.15) is 0 Å². The van der Waals surface area contributed by atoms with Crippen molar-refractivity contribution in [3.05, 3.63) is 51.7 Å². The summed E-state index contributed by atoms with van der Waals surface area (Å²) in [5, 5.41) is 10.6. The van der Waals surface area contributed by atoms with Crippen LogP contribution in [0.4, 0.5) is 10.5 Å². The zero-order valence-electron chi connectivity index (χ0n) is 13.2. The quantitative estimate of drug-likeness (QED) is 0.851. The van der Waals surface area contributed by atoms with Gasteiger partial charge in [-0.3, -0.25) is 4.90 Å². The molecule has 0 spiro atoms. The van der Waals surface area contributed by atoms with Crippen LogP contribution in [0.5, 0.6) is 0 Å². The normalized spacial score (nSPS) is 16.5. The summed E-state index contributed by atoms with van der Waals surface area (Å²) in [6.45, 7) is 3.77. The molecule has 0 aliphatic carbocycles. The number of halogens is 1. The zero-order chi connectivity index (χ0) is 16.8. The fourth-order valence-corrected chi connectivity index (χ4v) is 3.54. The second-order valence-electron chi connectivity index (χ2n) is 5.56. The molecule has 1 aromatic carbocycles. The van der Waals surface area contributed by atoms with E-state index in [0.717, 1.165) is 32.0 Å². The van der Waals surface area contributed by atoms with Gasteiger partial charge in [-0.15, -0.1) is 0 Å². The molecular formula is C17H20ClN3O2S. The van der Waals surface area contributed by atoms with Crippen molar-refractivity contribution in [3.63, 3.8) is 0 Å². The monoisotopic (exact) mass is 365 g/mol. The van der Waals surface area contributed by atoms with E-state index in [0.29, 0.717) is 11.6 Å². The first-order valence-corrected chi connectivity index (χ1v) is 9.19. The Morgan fingerprint density at radius 1 is 1.25 bits per heavy atom. The molecule has 1 saturated heterocycles. The predicted molar refractivity (Wildman–Crippen MR) is 97.9 cm³/mol. The van der Waals surface area contributed by atoms with Gasteiger partial charge in [-0.1, -0.05) is 11.6 Å². The molecule has 5 nitrogen and oxygen atoms in total. The summed E-state index contributed by atoms with van der Waals surface area (Å²) in [6.07, 6.45) is 0. The maximum Gasteiger partial charge on any atom is 0.319 e. The van der Waals surface area contributed by atoms with Crippen LogP contribution < -0.4 is 10.6 Å². The van der Waals surface area contributed by atoms with Gasteiger partial charge in [0, 0.05) is 30.3 Å². The Morgan fingerprint density at radius 3 is 2.67 bits per heavy atom. The average Bonchev–Trinajstić information content (AvgIpc) is 3.12. The number of nitrogens with zero attached hydrogens (tertiary/aromatic N) is 1. The second-order valence-corrected chi connectivity index (χ2v) is 6.78. The lowest BCUT2D eigenvalue weighted by Crippen LogP contribution is -2.44. The lowest BCUT2D eigenvalue weighted by Gasteiger charge is -2.34. The third kappa shape index (κ3) is 4.70. The molecule has 0 saturated carbocycles. The van der Waals surface area contributed by atoms with Crippen LogP contribution in [0, 0.1) is 0 Å². The first-order chi connectivity index (χ1) is 11.7. The molecule has 1 aliphatic heterocycles. The van der Waals surface area contributed by atoms with Crippen LogP contribution in [-0.4, -0.2) is 43.8 Å². The number of carbonyl (C=O) groups is 1. The van der Waals surface area contributed by atoms with Crippen LogP contribution in [0.2, 0.25) is 5.02 Å².